The fourth-order valence-electron chi connectivity index (χ4n) is 2.88. The van der Waals surface area contributed by atoms with Crippen molar-refractivity contribution in [1.29, 1.82) is 0 Å². The van der Waals surface area contributed by atoms with E-state index < -0.39 is 0 Å². The molecule has 0 bridgehead atoms. The smallest absolute Gasteiger partial charge is 0.270 e. The molecular weight excluding hydrogens is 336 g/mol. The SMILES string of the molecule is Cc1cccc(CNc2cc(C(=O)NC(C)c3ccccc3)nc(C)n2)c1. The lowest BCUT2D eigenvalue weighted by Crippen LogP contribution is -2.27. The molecule has 0 saturated heterocycles. The van der Waals surface area contributed by atoms with Crippen LogP contribution in [-0.4, -0.2) is 15.9 Å². The van der Waals surface area contributed by atoms with Gasteiger partial charge in [-0.25, -0.2) is 9.97 Å². The first-order valence-electron chi connectivity index (χ1n) is 9.02. The molecule has 0 aliphatic carbocycles. The zero-order valence-electron chi connectivity index (χ0n) is 15.9. The van der Waals surface area contributed by atoms with Gasteiger partial charge in [0.1, 0.15) is 17.3 Å². The van der Waals surface area contributed by atoms with Crippen molar-refractivity contribution in [2.24, 2.45) is 0 Å². The van der Waals surface area contributed by atoms with Crippen LogP contribution in [0.25, 0.3) is 0 Å². The van der Waals surface area contributed by atoms with Crippen molar-refractivity contribution >= 4 is 11.7 Å². The Balaban J connectivity index is 1.69. The van der Waals surface area contributed by atoms with Crippen LogP contribution in [0, 0.1) is 13.8 Å². The molecule has 3 aromatic rings. The molecule has 2 N–H and O–H groups in total. The molecule has 0 fully saturated rings. The maximum absolute atomic E-state index is 12.6. The summed E-state index contributed by atoms with van der Waals surface area (Å²) >= 11 is 0. The highest BCUT2D eigenvalue weighted by atomic mass is 16.1. The molecule has 0 saturated carbocycles. The van der Waals surface area contributed by atoms with Gasteiger partial charge in [0.15, 0.2) is 0 Å². The van der Waals surface area contributed by atoms with E-state index in [0.717, 1.165) is 11.1 Å². The lowest BCUT2D eigenvalue weighted by atomic mass is 10.1. The van der Waals surface area contributed by atoms with Crippen LogP contribution in [0.4, 0.5) is 5.82 Å². The Morgan fingerprint density at radius 3 is 2.52 bits per heavy atom. The molecule has 1 amide bonds. The second kappa shape index (κ2) is 8.45. The maximum Gasteiger partial charge on any atom is 0.270 e. The van der Waals surface area contributed by atoms with Crippen molar-refractivity contribution in [2.45, 2.75) is 33.4 Å². The average Bonchev–Trinajstić information content (AvgIpc) is 2.66. The number of anilines is 1. The van der Waals surface area contributed by atoms with Gasteiger partial charge in [0, 0.05) is 12.6 Å². The normalized spacial score (nSPS) is 11.7. The van der Waals surface area contributed by atoms with E-state index in [9.17, 15) is 4.79 Å². The molecule has 2 aromatic carbocycles. The lowest BCUT2D eigenvalue weighted by Gasteiger charge is -2.15. The van der Waals surface area contributed by atoms with Gasteiger partial charge in [-0.05, 0) is 31.9 Å². The van der Waals surface area contributed by atoms with E-state index in [0.29, 0.717) is 23.9 Å². The third kappa shape index (κ3) is 5.14. The summed E-state index contributed by atoms with van der Waals surface area (Å²) in [7, 11) is 0. The van der Waals surface area contributed by atoms with E-state index in [4.69, 9.17) is 0 Å². The minimum Gasteiger partial charge on any atom is -0.366 e. The van der Waals surface area contributed by atoms with Crippen molar-refractivity contribution in [1.82, 2.24) is 15.3 Å². The summed E-state index contributed by atoms with van der Waals surface area (Å²) in [4.78, 5) is 21.3. The van der Waals surface area contributed by atoms with Crippen LogP contribution < -0.4 is 10.6 Å². The minimum atomic E-state index is -0.213. The number of amides is 1. The number of aryl methyl sites for hydroxylation is 2. The Labute approximate surface area is 159 Å². The molecule has 1 aromatic heterocycles. The largest absolute Gasteiger partial charge is 0.366 e. The number of benzene rings is 2. The fraction of sp³-hybridized carbons (Fsp3) is 0.227. The summed E-state index contributed by atoms with van der Waals surface area (Å²) < 4.78 is 0. The second-order valence-electron chi connectivity index (χ2n) is 6.63. The van der Waals surface area contributed by atoms with Gasteiger partial charge in [-0.3, -0.25) is 4.79 Å². The molecule has 1 atom stereocenters. The van der Waals surface area contributed by atoms with Gasteiger partial charge in [0.05, 0.1) is 6.04 Å². The molecule has 3 rings (SSSR count). The highest BCUT2D eigenvalue weighted by Gasteiger charge is 2.14. The van der Waals surface area contributed by atoms with E-state index in [1.807, 2.05) is 43.3 Å². The summed E-state index contributed by atoms with van der Waals surface area (Å²) in [6.45, 7) is 6.45. The Kier molecular flexibility index (Phi) is 5.81. The molecule has 1 unspecified atom stereocenters. The highest BCUT2D eigenvalue weighted by Crippen LogP contribution is 2.14. The molecule has 138 valence electrons. The van der Waals surface area contributed by atoms with E-state index in [-0.39, 0.29) is 11.9 Å². The zero-order chi connectivity index (χ0) is 19.2. The monoisotopic (exact) mass is 360 g/mol. The number of hydrogen-bond donors (Lipinski definition) is 2. The van der Waals surface area contributed by atoms with Crippen molar-refractivity contribution in [3.8, 4) is 0 Å². The van der Waals surface area contributed by atoms with Crippen LogP contribution in [0.2, 0.25) is 0 Å². The summed E-state index contributed by atoms with van der Waals surface area (Å²) in [5, 5.41) is 6.27. The lowest BCUT2D eigenvalue weighted by molar-refractivity contribution is 0.0934. The molecule has 1 heterocycles. The average molecular weight is 360 g/mol. The molecule has 0 aliphatic rings. The third-order valence-corrected chi connectivity index (χ3v) is 4.27. The van der Waals surface area contributed by atoms with Crippen molar-refractivity contribution < 1.29 is 4.79 Å². The fourth-order valence-corrected chi connectivity index (χ4v) is 2.88. The molecule has 0 aliphatic heterocycles. The molecule has 0 spiro atoms. The predicted molar refractivity (Wildman–Crippen MR) is 108 cm³/mol. The second-order valence-corrected chi connectivity index (χ2v) is 6.63. The van der Waals surface area contributed by atoms with Crippen molar-refractivity contribution in [2.75, 3.05) is 5.32 Å². The maximum atomic E-state index is 12.6. The summed E-state index contributed by atoms with van der Waals surface area (Å²) in [5.41, 5.74) is 3.78. The van der Waals surface area contributed by atoms with Gasteiger partial charge in [0.2, 0.25) is 0 Å². The van der Waals surface area contributed by atoms with Crippen LogP contribution in [0.1, 0.15) is 46.0 Å². The number of aromatic nitrogens is 2. The third-order valence-electron chi connectivity index (χ3n) is 4.27. The molecule has 0 radical (unpaired) electrons. The first kappa shape index (κ1) is 18.6. The van der Waals surface area contributed by atoms with Gasteiger partial charge < -0.3 is 10.6 Å². The van der Waals surface area contributed by atoms with Gasteiger partial charge in [-0.1, -0.05) is 60.2 Å². The molecule has 5 nitrogen and oxygen atoms in total. The van der Waals surface area contributed by atoms with E-state index in [1.165, 1.54) is 5.56 Å². The Hall–Kier alpha value is -3.21. The van der Waals surface area contributed by atoms with Crippen LogP contribution in [-0.2, 0) is 6.54 Å². The summed E-state index contributed by atoms with van der Waals surface area (Å²) in [5.74, 6) is 0.985. The van der Waals surface area contributed by atoms with Crippen molar-refractivity contribution in [3.63, 3.8) is 0 Å². The van der Waals surface area contributed by atoms with Crippen LogP contribution in [0.3, 0.4) is 0 Å². The van der Waals surface area contributed by atoms with Crippen LogP contribution >= 0.6 is 0 Å². The molecular formula is C22H24N4O. The van der Waals surface area contributed by atoms with E-state index >= 15 is 0 Å². The standard InChI is InChI=1S/C22H24N4O/c1-15-8-7-9-18(12-15)14-23-21-13-20(25-17(3)26-21)22(27)24-16(2)19-10-5-4-6-11-19/h4-13,16H,14H2,1-3H3,(H,24,27)(H,23,25,26). The molecule has 27 heavy (non-hydrogen) atoms. The topological polar surface area (TPSA) is 66.9 Å². The Morgan fingerprint density at radius 1 is 1.00 bits per heavy atom. The van der Waals surface area contributed by atoms with Gasteiger partial charge >= 0.3 is 0 Å². The summed E-state index contributed by atoms with van der Waals surface area (Å²) in [6.07, 6.45) is 0. The predicted octanol–water partition coefficient (Wildman–Crippen LogP) is 4.20. The Morgan fingerprint density at radius 2 is 1.78 bits per heavy atom. The number of hydrogen-bond acceptors (Lipinski definition) is 4. The zero-order valence-corrected chi connectivity index (χ0v) is 15.9. The number of nitrogens with one attached hydrogen (secondary N) is 2. The number of carbonyl (C=O) groups excluding carboxylic acids is 1. The van der Waals surface area contributed by atoms with Gasteiger partial charge in [-0.2, -0.15) is 0 Å². The van der Waals surface area contributed by atoms with Gasteiger partial charge in [-0.15, -0.1) is 0 Å². The first-order valence-corrected chi connectivity index (χ1v) is 9.02. The number of nitrogens with zero attached hydrogens (tertiary/aromatic N) is 2. The van der Waals surface area contributed by atoms with Crippen molar-refractivity contribution in [3.05, 3.63) is 88.9 Å². The Bertz CT molecular complexity index is 925. The van der Waals surface area contributed by atoms with Crippen LogP contribution in [0.5, 0.6) is 0 Å². The highest BCUT2D eigenvalue weighted by molar-refractivity contribution is 5.93. The van der Waals surface area contributed by atoms with E-state index in [1.54, 1.807) is 13.0 Å². The minimum absolute atomic E-state index is 0.0994. The quantitative estimate of drug-likeness (QED) is 0.691. The van der Waals surface area contributed by atoms with E-state index in [2.05, 4.69) is 45.7 Å². The first-order chi connectivity index (χ1) is 13.0. The number of carbonyl (C=O) groups is 1. The number of rotatable bonds is 6. The molecule has 5 heteroatoms. The van der Waals surface area contributed by atoms with Gasteiger partial charge in [0.25, 0.3) is 5.91 Å². The summed E-state index contributed by atoms with van der Waals surface area (Å²) in [6, 6.07) is 19.7. The van der Waals surface area contributed by atoms with Crippen LogP contribution in [0.15, 0.2) is 60.7 Å².